The monoisotopic (exact) mass is 467 g/mol. The molecule has 0 unspecified atom stereocenters. The van der Waals surface area contributed by atoms with Gasteiger partial charge in [-0.1, -0.05) is 31.2 Å². The molecule has 2 aromatic carbocycles. The Morgan fingerprint density at radius 2 is 1.88 bits per heavy atom. The first kappa shape index (κ1) is 25.6. The molecule has 0 bridgehead atoms. The zero-order valence-corrected chi connectivity index (χ0v) is 20.2. The SMILES string of the molecule is C=CCOC[C@H](O)CN(Cc1c(C)nn(-c2ccccc2)c1Oc1ccc(F)cc1)[C@@H](C)CC. The van der Waals surface area contributed by atoms with Crippen LogP contribution >= 0.6 is 0 Å². The van der Waals surface area contributed by atoms with Crippen molar-refractivity contribution in [1.29, 1.82) is 0 Å². The van der Waals surface area contributed by atoms with Crippen molar-refractivity contribution in [1.82, 2.24) is 14.7 Å². The molecule has 3 rings (SSSR count). The topological polar surface area (TPSA) is 59.8 Å². The summed E-state index contributed by atoms with van der Waals surface area (Å²) < 4.78 is 27.0. The van der Waals surface area contributed by atoms with Gasteiger partial charge < -0.3 is 14.6 Å². The molecule has 0 spiro atoms. The highest BCUT2D eigenvalue weighted by Gasteiger charge is 2.24. The van der Waals surface area contributed by atoms with Gasteiger partial charge in [-0.05, 0) is 56.7 Å². The largest absolute Gasteiger partial charge is 0.439 e. The second-order valence-electron chi connectivity index (χ2n) is 8.34. The average molecular weight is 468 g/mol. The van der Waals surface area contributed by atoms with Crippen LogP contribution in [0.5, 0.6) is 11.6 Å². The van der Waals surface area contributed by atoms with Crippen molar-refractivity contribution in [3.8, 4) is 17.3 Å². The predicted octanol–water partition coefficient (Wildman–Crippen LogP) is 5.28. The summed E-state index contributed by atoms with van der Waals surface area (Å²) in [5, 5.41) is 15.3. The smallest absolute Gasteiger partial charge is 0.227 e. The molecule has 2 atom stereocenters. The van der Waals surface area contributed by atoms with Crippen molar-refractivity contribution in [2.24, 2.45) is 0 Å². The van der Waals surface area contributed by atoms with E-state index in [4.69, 9.17) is 14.6 Å². The van der Waals surface area contributed by atoms with Gasteiger partial charge in [0.15, 0.2) is 0 Å². The molecule has 34 heavy (non-hydrogen) atoms. The molecule has 6 nitrogen and oxygen atoms in total. The van der Waals surface area contributed by atoms with Crippen LogP contribution in [-0.4, -0.2) is 51.7 Å². The van der Waals surface area contributed by atoms with Crippen LogP contribution < -0.4 is 4.74 Å². The van der Waals surface area contributed by atoms with E-state index >= 15 is 0 Å². The summed E-state index contributed by atoms with van der Waals surface area (Å²) in [7, 11) is 0. The van der Waals surface area contributed by atoms with Crippen molar-refractivity contribution >= 4 is 0 Å². The first-order valence-electron chi connectivity index (χ1n) is 11.6. The third-order valence-corrected chi connectivity index (χ3v) is 5.73. The molecule has 0 aliphatic heterocycles. The molecule has 0 saturated carbocycles. The highest BCUT2D eigenvalue weighted by atomic mass is 19.1. The number of para-hydroxylation sites is 1. The van der Waals surface area contributed by atoms with E-state index in [0.29, 0.717) is 31.3 Å². The van der Waals surface area contributed by atoms with Gasteiger partial charge in [-0.2, -0.15) is 5.10 Å². The van der Waals surface area contributed by atoms with Gasteiger partial charge >= 0.3 is 0 Å². The predicted molar refractivity (Wildman–Crippen MR) is 132 cm³/mol. The molecule has 0 fully saturated rings. The fourth-order valence-corrected chi connectivity index (χ4v) is 3.66. The number of aliphatic hydroxyl groups is 1. The van der Waals surface area contributed by atoms with E-state index in [-0.39, 0.29) is 18.5 Å². The van der Waals surface area contributed by atoms with Crippen molar-refractivity contribution in [2.45, 2.75) is 45.9 Å². The van der Waals surface area contributed by atoms with Gasteiger partial charge in [-0.3, -0.25) is 4.90 Å². The summed E-state index contributed by atoms with van der Waals surface area (Å²) in [6, 6.07) is 15.9. The standard InChI is InChI=1S/C27H34FN3O3/c1-5-16-33-19-24(32)17-30(20(3)6-2)18-26-21(4)29-31(23-10-8-7-9-11-23)27(26)34-25-14-12-22(28)13-15-25/h5,7-15,20,24,32H,1,6,16-19H2,2-4H3/t20-,24+/m0/s1. The summed E-state index contributed by atoms with van der Waals surface area (Å²) in [4.78, 5) is 2.21. The maximum absolute atomic E-state index is 13.5. The first-order chi connectivity index (χ1) is 16.4. The molecule has 0 saturated heterocycles. The van der Waals surface area contributed by atoms with Crippen molar-refractivity contribution in [3.63, 3.8) is 0 Å². The van der Waals surface area contributed by atoms with E-state index in [9.17, 15) is 9.50 Å². The van der Waals surface area contributed by atoms with Crippen LogP contribution in [0.3, 0.4) is 0 Å². The first-order valence-corrected chi connectivity index (χ1v) is 11.6. The van der Waals surface area contributed by atoms with Gasteiger partial charge in [0, 0.05) is 19.1 Å². The Kier molecular flexibility index (Phi) is 9.39. The average Bonchev–Trinajstić information content (AvgIpc) is 3.15. The number of aromatic nitrogens is 2. The number of halogens is 1. The minimum Gasteiger partial charge on any atom is -0.439 e. The van der Waals surface area contributed by atoms with Gasteiger partial charge in [-0.25, -0.2) is 9.07 Å². The summed E-state index contributed by atoms with van der Waals surface area (Å²) in [5.41, 5.74) is 2.60. The fourth-order valence-electron chi connectivity index (χ4n) is 3.66. The molecule has 0 amide bonds. The number of aliphatic hydroxyl groups excluding tert-OH is 1. The Labute approximate surface area is 201 Å². The lowest BCUT2D eigenvalue weighted by atomic mass is 10.1. The molecule has 1 heterocycles. The number of aryl methyl sites for hydroxylation is 1. The highest BCUT2D eigenvalue weighted by Crippen LogP contribution is 2.32. The van der Waals surface area contributed by atoms with E-state index in [1.165, 1.54) is 12.1 Å². The Morgan fingerprint density at radius 3 is 2.53 bits per heavy atom. The van der Waals surface area contributed by atoms with Crippen LogP contribution in [0.4, 0.5) is 4.39 Å². The summed E-state index contributed by atoms with van der Waals surface area (Å²) in [5.74, 6) is 0.768. The number of hydrogen-bond acceptors (Lipinski definition) is 5. The van der Waals surface area contributed by atoms with Gasteiger partial charge in [-0.15, -0.1) is 6.58 Å². The maximum atomic E-state index is 13.5. The van der Waals surface area contributed by atoms with Crippen LogP contribution in [0.1, 0.15) is 31.5 Å². The zero-order chi connectivity index (χ0) is 24.5. The van der Waals surface area contributed by atoms with Crippen LogP contribution in [-0.2, 0) is 11.3 Å². The molecule has 0 aliphatic rings. The Bertz CT molecular complexity index is 1040. The fraction of sp³-hybridized carbons (Fsp3) is 0.370. The van der Waals surface area contributed by atoms with Crippen molar-refractivity contribution < 1.29 is 19.0 Å². The van der Waals surface area contributed by atoms with Crippen LogP contribution in [0.15, 0.2) is 67.3 Å². The van der Waals surface area contributed by atoms with Crippen LogP contribution in [0, 0.1) is 12.7 Å². The third-order valence-electron chi connectivity index (χ3n) is 5.73. The minimum atomic E-state index is -0.639. The Hall–Kier alpha value is -3.00. The normalized spacial score (nSPS) is 13.1. The summed E-state index contributed by atoms with van der Waals surface area (Å²) in [6.45, 7) is 11.5. The van der Waals surface area contributed by atoms with Gasteiger partial charge in [0.2, 0.25) is 5.88 Å². The lowest BCUT2D eigenvalue weighted by Crippen LogP contribution is -2.40. The van der Waals surface area contributed by atoms with E-state index in [1.54, 1.807) is 22.9 Å². The number of nitrogens with zero attached hydrogens (tertiary/aromatic N) is 3. The highest BCUT2D eigenvalue weighted by molar-refractivity contribution is 5.43. The van der Waals surface area contributed by atoms with Crippen LogP contribution in [0.2, 0.25) is 0 Å². The maximum Gasteiger partial charge on any atom is 0.227 e. The summed E-state index contributed by atoms with van der Waals surface area (Å²) >= 11 is 0. The minimum absolute atomic E-state index is 0.215. The van der Waals surface area contributed by atoms with E-state index in [2.05, 4.69) is 25.3 Å². The van der Waals surface area contributed by atoms with Gasteiger partial charge in [0.1, 0.15) is 11.6 Å². The van der Waals surface area contributed by atoms with Gasteiger partial charge in [0.05, 0.1) is 36.3 Å². The van der Waals surface area contributed by atoms with E-state index in [1.807, 2.05) is 37.3 Å². The summed E-state index contributed by atoms with van der Waals surface area (Å²) in [6.07, 6.45) is 1.94. The van der Waals surface area contributed by atoms with E-state index in [0.717, 1.165) is 23.4 Å². The van der Waals surface area contributed by atoms with E-state index < -0.39 is 6.10 Å². The number of rotatable bonds is 13. The number of benzene rings is 2. The zero-order valence-electron chi connectivity index (χ0n) is 20.2. The van der Waals surface area contributed by atoms with Crippen LogP contribution in [0.25, 0.3) is 5.69 Å². The molecule has 3 aromatic rings. The van der Waals surface area contributed by atoms with Crippen molar-refractivity contribution in [2.75, 3.05) is 19.8 Å². The quantitative estimate of drug-likeness (QED) is 0.274. The third kappa shape index (κ3) is 6.76. The Morgan fingerprint density at radius 1 is 1.18 bits per heavy atom. The molecule has 1 aromatic heterocycles. The molecule has 1 N–H and O–H groups in total. The molecule has 7 heteroatoms. The molecular weight excluding hydrogens is 433 g/mol. The van der Waals surface area contributed by atoms with Crippen molar-refractivity contribution in [3.05, 3.63) is 84.3 Å². The second kappa shape index (κ2) is 12.5. The van der Waals surface area contributed by atoms with Gasteiger partial charge in [0.25, 0.3) is 0 Å². The molecule has 0 aliphatic carbocycles. The molecular formula is C27H34FN3O3. The Balaban J connectivity index is 1.94. The lowest BCUT2D eigenvalue weighted by molar-refractivity contribution is 0.0155. The number of hydrogen-bond donors (Lipinski definition) is 1. The second-order valence-corrected chi connectivity index (χ2v) is 8.34. The number of ether oxygens (including phenoxy) is 2. The lowest BCUT2D eigenvalue weighted by Gasteiger charge is -2.30. The molecule has 182 valence electrons. The molecule has 0 radical (unpaired) electrons.